The number of anilines is 1. The molecule has 0 aromatic carbocycles. The Bertz CT molecular complexity index is 564. The maximum atomic E-state index is 11.7. The van der Waals surface area contributed by atoms with E-state index in [1.807, 2.05) is 0 Å². The third-order valence-corrected chi connectivity index (χ3v) is 5.18. The van der Waals surface area contributed by atoms with Crippen LogP contribution >= 0.6 is 0 Å². The molecule has 6 heteroatoms. The molecule has 0 saturated carbocycles. The van der Waals surface area contributed by atoms with Gasteiger partial charge in [-0.2, -0.15) is 0 Å². The first-order valence-corrected chi connectivity index (χ1v) is 8.77. The molecule has 2 rings (SSSR count). The molecule has 0 amide bonds. The Morgan fingerprint density at radius 2 is 2.05 bits per heavy atom. The Hall–Kier alpha value is -1.14. The average Bonchev–Trinajstić information content (AvgIpc) is 2.40. The van der Waals surface area contributed by atoms with Gasteiger partial charge >= 0.3 is 0 Å². The normalized spacial score (nSPS) is 19.8. The number of hydrogen-bond acceptors (Lipinski definition) is 5. The van der Waals surface area contributed by atoms with Gasteiger partial charge in [-0.15, -0.1) is 0 Å². The van der Waals surface area contributed by atoms with Crippen LogP contribution in [0.2, 0.25) is 0 Å². The highest BCUT2D eigenvalue weighted by Crippen LogP contribution is 2.31. The fourth-order valence-electron chi connectivity index (χ4n) is 2.45. The van der Waals surface area contributed by atoms with Crippen molar-refractivity contribution in [1.29, 1.82) is 0 Å². The molecule has 0 radical (unpaired) electrons. The summed E-state index contributed by atoms with van der Waals surface area (Å²) >= 11 is 0. The van der Waals surface area contributed by atoms with E-state index in [0.29, 0.717) is 5.82 Å². The van der Waals surface area contributed by atoms with Crippen molar-refractivity contribution in [3.05, 3.63) is 18.3 Å². The van der Waals surface area contributed by atoms with Crippen molar-refractivity contribution in [1.82, 2.24) is 9.88 Å². The first-order chi connectivity index (χ1) is 9.30. The molecular formula is C14H23N3O2S. The van der Waals surface area contributed by atoms with E-state index < -0.39 is 9.84 Å². The lowest BCUT2D eigenvalue weighted by atomic mass is 9.80. The van der Waals surface area contributed by atoms with E-state index in [1.54, 1.807) is 18.3 Å². The SMILES string of the molecule is CN1CCC(C)(CNc2ncccc2S(C)(=O)=O)CC1. The van der Waals surface area contributed by atoms with E-state index in [9.17, 15) is 8.42 Å². The lowest BCUT2D eigenvalue weighted by molar-refractivity contribution is 0.150. The van der Waals surface area contributed by atoms with Crippen LogP contribution in [0.15, 0.2) is 23.2 Å². The number of aromatic nitrogens is 1. The summed E-state index contributed by atoms with van der Waals surface area (Å²) in [6.45, 7) is 5.16. The number of nitrogens with one attached hydrogen (secondary N) is 1. The number of rotatable bonds is 4. The van der Waals surface area contributed by atoms with Crippen molar-refractivity contribution >= 4 is 15.7 Å². The molecule has 2 heterocycles. The Balaban J connectivity index is 2.08. The predicted octanol–water partition coefficient (Wildman–Crippen LogP) is 1.63. The maximum absolute atomic E-state index is 11.7. The van der Waals surface area contributed by atoms with Crippen molar-refractivity contribution < 1.29 is 8.42 Å². The molecule has 0 aliphatic carbocycles. The van der Waals surface area contributed by atoms with Gasteiger partial charge in [0.1, 0.15) is 10.7 Å². The van der Waals surface area contributed by atoms with Crippen molar-refractivity contribution in [2.45, 2.75) is 24.7 Å². The Kier molecular flexibility index (Phi) is 4.34. The van der Waals surface area contributed by atoms with E-state index in [0.717, 1.165) is 32.5 Å². The molecular weight excluding hydrogens is 274 g/mol. The number of pyridine rings is 1. The Labute approximate surface area is 121 Å². The summed E-state index contributed by atoms with van der Waals surface area (Å²) in [6, 6.07) is 3.25. The fourth-order valence-corrected chi connectivity index (χ4v) is 3.26. The molecule has 1 aromatic rings. The molecule has 5 nitrogen and oxygen atoms in total. The molecule has 0 spiro atoms. The predicted molar refractivity (Wildman–Crippen MR) is 80.7 cm³/mol. The number of sulfone groups is 1. The first kappa shape index (κ1) is 15.3. The Morgan fingerprint density at radius 3 is 2.65 bits per heavy atom. The summed E-state index contributed by atoms with van der Waals surface area (Å²) in [6.07, 6.45) is 5.05. The van der Waals surface area contributed by atoms with Gasteiger partial charge in [-0.1, -0.05) is 6.92 Å². The third-order valence-electron chi connectivity index (χ3n) is 4.05. The molecule has 0 unspecified atom stereocenters. The first-order valence-electron chi connectivity index (χ1n) is 6.88. The van der Waals surface area contributed by atoms with E-state index in [1.165, 1.54) is 6.26 Å². The standard InChI is InChI=1S/C14H23N3O2S/c1-14(6-9-17(2)10-7-14)11-16-13-12(20(3,18)19)5-4-8-15-13/h4-5,8H,6-7,9-11H2,1-3H3,(H,15,16). The van der Waals surface area contributed by atoms with Crippen LogP contribution in [0.1, 0.15) is 19.8 Å². The third kappa shape index (κ3) is 3.70. The summed E-state index contributed by atoms with van der Waals surface area (Å²) in [4.78, 5) is 6.77. The summed E-state index contributed by atoms with van der Waals surface area (Å²) in [5.74, 6) is 0.468. The second-order valence-electron chi connectivity index (χ2n) is 6.09. The number of piperidine rings is 1. The zero-order valence-corrected chi connectivity index (χ0v) is 13.2. The zero-order chi connectivity index (χ0) is 14.8. The molecule has 0 atom stereocenters. The summed E-state index contributed by atoms with van der Waals surface area (Å²) in [7, 11) is -1.12. The monoisotopic (exact) mass is 297 g/mol. The van der Waals surface area contributed by atoms with Gasteiger partial charge in [0, 0.05) is 19.0 Å². The second kappa shape index (κ2) is 5.69. The average molecular weight is 297 g/mol. The van der Waals surface area contributed by atoms with Crippen LogP contribution in [0.3, 0.4) is 0 Å². The molecule has 1 fully saturated rings. The fraction of sp³-hybridized carbons (Fsp3) is 0.643. The largest absolute Gasteiger partial charge is 0.368 e. The molecule has 1 saturated heterocycles. The quantitative estimate of drug-likeness (QED) is 0.915. The van der Waals surface area contributed by atoms with Crippen LogP contribution in [0.25, 0.3) is 0 Å². The Morgan fingerprint density at radius 1 is 1.40 bits per heavy atom. The molecule has 112 valence electrons. The minimum absolute atomic E-state index is 0.193. The van der Waals surface area contributed by atoms with Gasteiger partial charge in [-0.3, -0.25) is 0 Å². The number of nitrogens with zero attached hydrogens (tertiary/aromatic N) is 2. The molecule has 1 aliphatic rings. The highest BCUT2D eigenvalue weighted by Gasteiger charge is 2.29. The van der Waals surface area contributed by atoms with Crippen LogP contribution in [-0.2, 0) is 9.84 Å². The minimum Gasteiger partial charge on any atom is -0.368 e. The van der Waals surface area contributed by atoms with Crippen LogP contribution in [0, 0.1) is 5.41 Å². The molecule has 1 aliphatic heterocycles. The van der Waals surface area contributed by atoms with Crippen molar-refractivity contribution in [2.24, 2.45) is 5.41 Å². The van der Waals surface area contributed by atoms with E-state index >= 15 is 0 Å². The molecule has 20 heavy (non-hydrogen) atoms. The van der Waals surface area contributed by atoms with E-state index in [4.69, 9.17) is 0 Å². The van der Waals surface area contributed by atoms with Gasteiger partial charge in [0.2, 0.25) is 0 Å². The lowest BCUT2D eigenvalue weighted by Crippen LogP contribution is -2.40. The lowest BCUT2D eigenvalue weighted by Gasteiger charge is -2.38. The van der Waals surface area contributed by atoms with Gasteiger partial charge in [0.05, 0.1) is 0 Å². The molecule has 0 bridgehead atoms. The van der Waals surface area contributed by atoms with Crippen LogP contribution < -0.4 is 5.32 Å². The van der Waals surface area contributed by atoms with Crippen molar-refractivity contribution in [3.63, 3.8) is 0 Å². The van der Waals surface area contributed by atoms with E-state index in [-0.39, 0.29) is 10.3 Å². The van der Waals surface area contributed by atoms with Gasteiger partial charge in [0.25, 0.3) is 0 Å². The van der Waals surface area contributed by atoms with Gasteiger partial charge in [-0.25, -0.2) is 13.4 Å². The van der Waals surface area contributed by atoms with Crippen LogP contribution in [-0.4, -0.2) is 51.2 Å². The number of hydrogen-bond donors (Lipinski definition) is 1. The highest BCUT2D eigenvalue weighted by atomic mass is 32.2. The summed E-state index contributed by atoms with van der Waals surface area (Å²) in [5, 5.41) is 3.24. The van der Waals surface area contributed by atoms with Crippen LogP contribution in [0.5, 0.6) is 0 Å². The van der Waals surface area contributed by atoms with Crippen LogP contribution in [0.4, 0.5) is 5.82 Å². The molecule has 1 N–H and O–H groups in total. The summed E-state index contributed by atoms with van der Waals surface area (Å²) < 4.78 is 23.5. The zero-order valence-electron chi connectivity index (χ0n) is 12.4. The maximum Gasteiger partial charge on any atom is 0.179 e. The topological polar surface area (TPSA) is 62.3 Å². The summed E-state index contributed by atoms with van der Waals surface area (Å²) in [5.41, 5.74) is 0.193. The van der Waals surface area contributed by atoms with Gasteiger partial charge in [-0.05, 0) is 50.5 Å². The van der Waals surface area contributed by atoms with Crippen molar-refractivity contribution in [2.75, 3.05) is 38.3 Å². The van der Waals surface area contributed by atoms with Gasteiger partial charge < -0.3 is 10.2 Å². The smallest absolute Gasteiger partial charge is 0.179 e. The van der Waals surface area contributed by atoms with E-state index in [2.05, 4.69) is 29.2 Å². The van der Waals surface area contributed by atoms with Gasteiger partial charge in [0.15, 0.2) is 9.84 Å². The highest BCUT2D eigenvalue weighted by molar-refractivity contribution is 7.90. The van der Waals surface area contributed by atoms with Crippen molar-refractivity contribution in [3.8, 4) is 0 Å². The second-order valence-corrected chi connectivity index (χ2v) is 8.07. The molecule has 1 aromatic heterocycles. The number of likely N-dealkylation sites (tertiary alicyclic amines) is 1. The minimum atomic E-state index is -3.25.